The van der Waals surface area contributed by atoms with Crippen LogP contribution in [0.15, 0.2) is 6.20 Å². The number of nitrogens with zero attached hydrogens (tertiary/aromatic N) is 3. The molecule has 1 unspecified atom stereocenters. The van der Waals surface area contributed by atoms with E-state index in [0.717, 1.165) is 25.3 Å². The van der Waals surface area contributed by atoms with Crippen LogP contribution < -0.4 is 5.32 Å². The molecule has 1 atom stereocenters. The van der Waals surface area contributed by atoms with Crippen LogP contribution in [0.4, 0.5) is 5.69 Å². The first-order chi connectivity index (χ1) is 9.52. The molecule has 0 bridgehead atoms. The molecule has 1 aromatic heterocycles. The average molecular weight is 278 g/mol. The lowest BCUT2D eigenvalue weighted by Crippen LogP contribution is -2.25. The van der Waals surface area contributed by atoms with Crippen molar-refractivity contribution in [3.05, 3.63) is 33.1 Å². The highest BCUT2D eigenvalue weighted by Gasteiger charge is 2.25. The zero-order valence-corrected chi connectivity index (χ0v) is 12.3. The third-order valence-electron chi connectivity index (χ3n) is 3.99. The predicted octanol–water partition coefficient (Wildman–Crippen LogP) is 1.65. The van der Waals surface area contributed by atoms with Crippen molar-refractivity contribution in [1.82, 2.24) is 15.2 Å². The van der Waals surface area contributed by atoms with Crippen LogP contribution in [0.2, 0.25) is 0 Å². The normalized spacial score (nSPS) is 19.4. The van der Waals surface area contributed by atoms with E-state index in [0.29, 0.717) is 23.6 Å². The third-order valence-corrected chi connectivity index (χ3v) is 3.99. The van der Waals surface area contributed by atoms with Crippen molar-refractivity contribution in [2.75, 3.05) is 26.7 Å². The summed E-state index contributed by atoms with van der Waals surface area (Å²) in [6.07, 6.45) is 2.79. The van der Waals surface area contributed by atoms with Gasteiger partial charge in [-0.15, -0.1) is 0 Å². The maximum Gasteiger partial charge on any atom is 0.278 e. The molecule has 0 spiro atoms. The molecule has 6 nitrogen and oxygen atoms in total. The van der Waals surface area contributed by atoms with Gasteiger partial charge in [0.25, 0.3) is 5.69 Å². The van der Waals surface area contributed by atoms with Crippen LogP contribution in [0.25, 0.3) is 0 Å². The van der Waals surface area contributed by atoms with E-state index >= 15 is 0 Å². The van der Waals surface area contributed by atoms with Gasteiger partial charge in [0.05, 0.1) is 10.6 Å². The van der Waals surface area contributed by atoms with Gasteiger partial charge in [-0.1, -0.05) is 0 Å². The van der Waals surface area contributed by atoms with E-state index in [1.807, 2.05) is 7.05 Å². The van der Waals surface area contributed by atoms with Gasteiger partial charge in [-0.05, 0) is 46.3 Å². The van der Waals surface area contributed by atoms with Gasteiger partial charge in [0.1, 0.15) is 0 Å². The molecule has 1 fully saturated rings. The molecular formula is C14H22N4O2. The van der Waals surface area contributed by atoms with Crippen molar-refractivity contribution in [3.63, 3.8) is 0 Å². The largest absolute Gasteiger partial charge is 0.319 e. The van der Waals surface area contributed by atoms with Crippen LogP contribution in [0.5, 0.6) is 0 Å². The van der Waals surface area contributed by atoms with Crippen molar-refractivity contribution in [3.8, 4) is 0 Å². The van der Waals surface area contributed by atoms with Crippen molar-refractivity contribution in [1.29, 1.82) is 0 Å². The van der Waals surface area contributed by atoms with E-state index in [1.165, 1.54) is 6.42 Å². The van der Waals surface area contributed by atoms with Crippen LogP contribution in [0, 0.1) is 29.9 Å². The van der Waals surface area contributed by atoms with Gasteiger partial charge >= 0.3 is 0 Å². The Hall–Kier alpha value is -1.53. The van der Waals surface area contributed by atoms with E-state index in [9.17, 15) is 10.1 Å². The Labute approximate surface area is 119 Å². The highest BCUT2D eigenvalue weighted by molar-refractivity contribution is 5.47. The number of nitro groups is 1. The van der Waals surface area contributed by atoms with E-state index in [-0.39, 0.29) is 10.6 Å². The summed E-state index contributed by atoms with van der Waals surface area (Å²) < 4.78 is 0. The fraction of sp³-hybridized carbons (Fsp3) is 0.643. The molecule has 0 aliphatic carbocycles. The number of hydrogen-bond acceptors (Lipinski definition) is 5. The molecule has 2 rings (SSSR count). The first-order valence-electron chi connectivity index (χ1n) is 6.99. The monoisotopic (exact) mass is 278 g/mol. The van der Waals surface area contributed by atoms with E-state index in [1.54, 1.807) is 20.0 Å². The van der Waals surface area contributed by atoms with Crippen molar-refractivity contribution >= 4 is 5.69 Å². The molecule has 1 aliphatic rings. The Bertz CT molecular complexity index is 504. The summed E-state index contributed by atoms with van der Waals surface area (Å²) in [4.78, 5) is 17.5. The minimum atomic E-state index is -0.302. The molecular weight excluding hydrogens is 256 g/mol. The van der Waals surface area contributed by atoms with E-state index in [4.69, 9.17) is 0 Å². The summed E-state index contributed by atoms with van der Waals surface area (Å²) >= 11 is 0. The summed E-state index contributed by atoms with van der Waals surface area (Å²) in [5, 5.41) is 14.3. The predicted molar refractivity (Wildman–Crippen MR) is 77.7 cm³/mol. The summed E-state index contributed by atoms with van der Waals surface area (Å²) in [7, 11) is 1.97. The second-order valence-corrected chi connectivity index (χ2v) is 5.57. The first-order valence-corrected chi connectivity index (χ1v) is 6.99. The number of rotatable bonds is 5. The first kappa shape index (κ1) is 14.9. The van der Waals surface area contributed by atoms with Crippen molar-refractivity contribution in [2.24, 2.45) is 5.92 Å². The lowest BCUT2D eigenvalue weighted by molar-refractivity contribution is -0.386. The van der Waals surface area contributed by atoms with Gasteiger partial charge < -0.3 is 5.32 Å². The fourth-order valence-corrected chi connectivity index (χ4v) is 2.93. The fourth-order valence-electron chi connectivity index (χ4n) is 2.93. The van der Waals surface area contributed by atoms with Crippen LogP contribution >= 0.6 is 0 Å². The molecule has 0 aromatic carbocycles. The van der Waals surface area contributed by atoms with Gasteiger partial charge in [-0.25, -0.2) is 0 Å². The maximum atomic E-state index is 11.1. The zero-order chi connectivity index (χ0) is 14.7. The Balaban J connectivity index is 2.11. The quantitative estimate of drug-likeness (QED) is 0.655. The highest BCUT2D eigenvalue weighted by Crippen LogP contribution is 2.26. The topological polar surface area (TPSA) is 71.3 Å². The van der Waals surface area contributed by atoms with Crippen LogP contribution in [-0.2, 0) is 6.54 Å². The summed E-state index contributed by atoms with van der Waals surface area (Å²) in [5.74, 6) is 0.667. The lowest BCUT2D eigenvalue weighted by atomic mass is 10.1. The van der Waals surface area contributed by atoms with Crippen LogP contribution in [-0.4, -0.2) is 41.5 Å². The molecule has 6 heteroatoms. The number of pyridine rings is 1. The van der Waals surface area contributed by atoms with Gasteiger partial charge in [-0.3, -0.25) is 20.0 Å². The minimum absolute atomic E-state index is 0.209. The number of aromatic nitrogens is 1. The second kappa shape index (κ2) is 6.28. The number of likely N-dealkylation sites (tertiary alicyclic amines) is 1. The SMILES string of the molecule is CNCC1CCN(Cc2ncc(C)c([N+](=O)[O-])c2C)C1. The molecule has 1 saturated heterocycles. The average Bonchev–Trinajstić information content (AvgIpc) is 2.81. The Morgan fingerprint density at radius 3 is 2.95 bits per heavy atom. The Morgan fingerprint density at radius 2 is 2.30 bits per heavy atom. The summed E-state index contributed by atoms with van der Waals surface area (Å²) in [6.45, 7) is 7.33. The van der Waals surface area contributed by atoms with Crippen molar-refractivity contribution in [2.45, 2.75) is 26.8 Å². The van der Waals surface area contributed by atoms with Crippen LogP contribution in [0.1, 0.15) is 23.2 Å². The number of aryl methyl sites for hydroxylation is 1. The zero-order valence-electron chi connectivity index (χ0n) is 12.3. The number of nitrogens with one attached hydrogen (secondary N) is 1. The summed E-state index contributed by atoms with van der Waals surface area (Å²) in [6, 6.07) is 0. The molecule has 1 N–H and O–H groups in total. The molecule has 110 valence electrons. The molecule has 0 saturated carbocycles. The highest BCUT2D eigenvalue weighted by atomic mass is 16.6. The van der Waals surface area contributed by atoms with Gasteiger partial charge in [-0.2, -0.15) is 0 Å². The molecule has 1 aliphatic heterocycles. The molecule has 2 heterocycles. The van der Waals surface area contributed by atoms with Crippen LogP contribution in [0.3, 0.4) is 0 Å². The smallest absolute Gasteiger partial charge is 0.278 e. The molecule has 20 heavy (non-hydrogen) atoms. The minimum Gasteiger partial charge on any atom is -0.319 e. The maximum absolute atomic E-state index is 11.1. The second-order valence-electron chi connectivity index (χ2n) is 5.57. The molecule has 0 amide bonds. The van der Waals surface area contributed by atoms with Gasteiger partial charge in [0, 0.05) is 30.4 Å². The van der Waals surface area contributed by atoms with E-state index < -0.39 is 0 Å². The van der Waals surface area contributed by atoms with Gasteiger partial charge in [0.15, 0.2) is 0 Å². The third kappa shape index (κ3) is 3.13. The van der Waals surface area contributed by atoms with Gasteiger partial charge in [0.2, 0.25) is 0 Å². The molecule has 0 radical (unpaired) electrons. The number of hydrogen-bond donors (Lipinski definition) is 1. The van der Waals surface area contributed by atoms with Crippen molar-refractivity contribution < 1.29 is 4.92 Å². The standard InChI is InChI=1S/C14H22N4O2/c1-10-6-16-13(11(2)14(10)18(19)20)9-17-5-4-12(8-17)7-15-3/h6,12,15H,4-5,7-9H2,1-3H3. The lowest BCUT2D eigenvalue weighted by Gasteiger charge is -2.17. The Kier molecular flexibility index (Phi) is 4.67. The van der Waals surface area contributed by atoms with E-state index in [2.05, 4.69) is 15.2 Å². The Morgan fingerprint density at radius 1 is 1.55 bits per heavy atom. The summed E-state index contributed by atoms with van der Waals surface area (Å²) in [5.41, 5.74) is 2.37. The molecule has 1 aromatic rings.